The smallest absolute Gasteiger partial charge is 0.341 e. The van der Waals surface area contributed by atoms with E-state index in [0.717, 1.165) is 4.31 Å². The Balaban J connectivity index is 2.50. The molecule has 2 N–H and O–H groups in total. The Labute approximate surface area is 130 Å². The van der Waals surface area contributed by atoms with E-state index in [4.69, 9.17) is 10.2 Å². The number of nitrogens with zero attached hydrogens (tertiary/aromatic N) is 1. The topological polar surface area (TPSA) is 112 Å². The highest BCUT2D eigenvalue weighted by molar-refractivity contribution is 7.89. The molecule has 1 saturated heterocycles. The van der Waals surface area contributed by atoms with E-state index in [1.165, 1.54) is 0 Å². The second-order valence-electron chi connectivity index (χ2n) is 5.05. The Kier molecular flexibility index (Phi) is 4.66. The number of aliphatic carboxylic acids is 1. The maximum atomic E-state index is 14.2. The lowest BCUT2D eigenvalue weighted by Gasteiger charge is -2.23. The molecule has 1 fully saturated rings. The molecule has 0 aromatic heterocycles. The monoisotopic (exact) mass is 349 g/mol. The van der Waals surface area contributed by atoms with E-state index in [2.05, 4.69) is 0 Å². The number of halogens is 2. The first kappa shape index (κ1) is 17.3. The predicted octanol–water partition coefficient (Wildman–Crippen LogP) is 1.29. The van der Waals surface area contributed by atoms with Crippen molar-refractivity contribution >= 4 is 22.0 Å². The van der Waals surface area contributed by atoms with Gasteiger partial charge < -0.3 is 10.2 Å². The average molecular weight is 349 g/mol. The van der Waals surface area contributed by atoms with E-state index >= 15 is 0 Å². The fourth-order valence-corrected chi connectivity index (χ4v) is 4.35. The van der Waals surface area contributed by atoms with Crippen LogP contribution >= 0.6 is 0 Å². The Hall–Kier alpha value is -2.07. The molecule has 0 aliphatic carbocycles. The molecule has 1 heterocycles. The highest BCUT2D eigenvalue weighted by atomic mass is 32.2. The number of carboxylic acid groups (broad SMARTS) is 2. The summed E-state index contributed by atoms with van der Waals surface area (Å²) >= 11 is 0. The van der Waals surface area contributed by atoms with Gasteiger partial charge in [-0.1, -0.05) is 0 Å². The standard InChI is InChI=1S/C13H13F2NO6S/c14-8-3-4-9(12(15)11(8)13(19)20)23(21,22)16-5-1-2-7(16)6-10(17)18/h3-4,7H,1-2,5-6H2,(H,17,18)(H,19,20). The zero-order chi connectivity index (χ0) is 17.4. The quantitative estimate of drug-likeness (QED) is 0.828. The maximum absolute atomic E-state index is 14.2. The van der Waals surface area contributed by atoms with Crippen LogP contribution in [0.3, 0.4) is 0 Å². The van der Waals surface area contributed by atoms with Crippen molar-refractivity contribution in [2.45, 2.75) is 30.2 Å². The third kappa shape index (κ3) is 3.17. The second-order valence-corrected chi connectivity index (χ2v) is 6.91. The summed E-state index contributed by atoms with van der Waals surface area (Å²) in [5.74, 6) is -6.22. The largest absolute Gasteiger partial charge is 0.481 e. The van der Waals surface area contributed by atoms with Crippen LogP contribution in [0.1, 0.15) is 29.6 Å². The SMILES string of the molecule is O=C(O)CC1CCCN1S(=O)(=O)c1ccc(F)c(C(=O)O)c1F. The van der Waals surface area contributed by atoms with Crippen molar-refractivity contribution in [1.82, 2.24) is 4.31 Å². The van der Waals surface area contributed by atoms with Crippen LogP contribution in [0.5, 0.6) is 0 Å². The summed E-state index contributed by atoms with van der Waals surface area (Å²) in [6.07, 6.45) is 0.236. The minimum Gasteiger partial charge on any atom is -0.481 e. The molecule has 0 spiro atoms. The third-order valence-corrected chi connectivity index (χ3v) is 5.56. The van der Waals surface area contributed by atoms with E-state index in [0.29, 0.717) is 25.0 Å². The van der Waals surface area contributed by atoms with Gasteiger partial charge in [0.2, 0.25) is 10.0 Å². The molecule has 0 bridgehead atoms. The molecule has 1 atom stereocenters. The van der Waals surface area contributed by atoms with Crippen LogP contribution in [0.2, 0.25) is 0 Å². The van der Waals surface area contributed by atoms with E-state index in [1.54, 1.807) is 0 Å². The van der Waals surface area contributed by atoms with Crippen LogP contribution in [0.25, 0.3) is 0 Å². The molecule has 23 heavy (non-hydrogen) atoms. The first-order valence-corrected chi connectivity index (χ1v) is 8.05. The maximum Gasteiger partial charge on any atom is 0.341 e. The molecule has 0 amide bonds. The number of carbonyl (C=O) groups is 2. The van der Waals surface area contributed by atoms with E-state index < -0.39 is 56.5 Å². The van der Waals surface area contributed by atoms with Gasteiger partial charge in [-0.25, -0.2) is 22.0 Å². The lowest BCUT2D eigenvalue weighted by atomic mass is 10.2. The molecule has 7 nitrogen and oxygen atoms in total. The molecular weight excluding hydrogens is 336 g/mol. The van der Waals surface area contributed by atoms with Gasteiger partial charge in [0.1, 0.15) is 16.3 Å². The lowest BCUT2D eigenvalue weighted by Crippen LogP contribution is -2.37. The van der Waals surface area contributed by atoms with Crippen molar-refractivity contribution in [1.29, 1.82) is 0 Å². The van der Waals surface area contributed by atoms with Crippen LogP contribution in [0, 0.1) is 11.6 Å². The van der Waals surface area contributed by atoms with E-state index in [9.17, 15) is 26.8 Å². The summed E-state index contributed by atoms with van der Waals surface area (Å²) in [6, 6.07) is 0.347. The Morgan fingerprint density at radius 2 is 1.91 bits per heavy atom. The van der Waals surface area contributed by atoms with Crippen molar-refractivity contribution < 1.29 is 37.0 Å². The number of hydrogen-bond acceptors (Lipinski definition) is 4. The Morgan fingerprint density at radius 3 is 2.48 bits per heavy atom. The Bertz CT molecular complexity index is 764. The lowest BCUT2D eigenvalue weighted by molar-refractivity contribution is -0.137. The molecule has 1 aliphatic heterocycles. The van der Waals surface area contributed by atoms with E-state index in [-0.39, 0.29) is 6.54 Å². The zero-order valence-electron chi connectivity index (χ0n) is 11.7. The zero-order valence-corrected chi connectivity index (χ0v) is 12.5. The molecule has 1 aromatic carbocycles. The molecule has 1 aromatic rings. The van der Waals surface area contributed by atoms with Crippen LogP contribution in [-0.4, -0.2) is 47.5 Å². The van der Waals surface area contributed by atoms with Crippen LogP contribution in [-0.2, 0) is 14.8 Å². The first-order valence-electron chi connectivity index (χ1n) is 6.61. The van der Waals surface area contributed by atoms with Crippen LogP contribution < -0.4 is 0 Å². The molecule has 2 rings (SSSR count). The van der Waals surface area contributed by atoms with Gasteiger partial charge in [0.05, 0.1) is 6.42 Å². The fraction of sp³-hybridized carbons (Fsp3) is 0.385. The fourth-order valence-electron chi connectivity index (χ4n) is 2.59. The average Bonchev–Trinajstić information content (AvgIpc) is 2.85. The van der Waals surface area contributed by atoms with Crippen LogP contribution in [0.4, 0.5) is 8.78 Å². The molecule has 0 radical (unpaired) electrons. The summed E-state index contributed by atoms with van der Waals surface area (Å²) < 4.78 is 53.4. The highest BCUT2D eigenvalue weighted by Crippen LogP contribution is 2.30. The van der Waals surface area contributed by atoms with Gasteiger partial charge in [0, 0.05) is 12.6 Å². The molecule has 0 saturated carbocycles. The predicted molar refractivity (Wildman–Crippen MR) is 72.5 cm³/mol. The van der Waals surface area contributed by atoms with Crippen molar-refractivity contribution in [3.8, 4) is 0 Å². The van der Waals surface area contributed by atoms with Crippen molar-refractivity contribution in [2.75, 3.05) is 6.54 Å². The Morgan fingerprint density at radius 1 is 1.26 bits per heavy atom. The highest BCUT2D eigenvalue weighted by Gasteiger charge is 2.39. The third-order valence-electron chi connectivity index (χ3n) is 3.59. The summed E-state index contributed by atoms with van der Waals surface area (Å²) in [5, 5.41) is 17.6. The summed E-state index contributed by atoms with van der Waals surface area (Å²) in [4.78, 5) is 20.7. The van der Waals surface area contributed by atoms with Gasteiger partial charge in [-0.2, -0.15) is 4.31 Å². The number of sulfonamides is 1. The van der Waals surface area contributed by atoms with E-state index in [1.807, 2.05) is 0 Å². The summed E-state index contributed by atoms with van der Waals surface area (Å²) in [6.45, 7) is -0.0144. The molecule has 10 heteroatoms. The molecular formula is C13H13F2NO6S. The number of aromatic carboxylic acids is 1. The summed E-state index contributed by atoms with van der Waals surface area (Å²) in [5.41, 5.74) is -1.36. The van der Waals surface area contributed by atoms with Gasteiger partial charge in [-0.05, 0) is 25.0 Å². The van der Waals surface area contributed by atoms with Gasteiger partial charge in [-0.3, -0.25) is 4.79 Å². The van der Waals surface area contributed by atoms with Gasteiger partial charge in [-0.15, -0.1) is 0 Å². The molecule has 1 aliphatic rings. The molecule has 1 unspecified atom stereocenters. The van der Waals surface area contributed by atoms with Crippen LogP contribution in [0.15, 0.2) is 17.0 Å². The number of rotatable bonds is 5. The summed E-state index contributed by atoms with van der Waals surface area (Å²) in [7, 11) is -4.47. The number of hydrogen-bond donors (Lipinski definition) is 2. The first-order chi connectivity index (χ1) is 10.7. The van der Waals surface area contributed by atoms with Crippen molar-refractivity contribution in [3.63, 3.8) is 0 Å². The van der Waals surface area contributed by atoms with Gasteiger partial charge in [0.15, 0.2) is 5.82 Å². The van der Waals surface area contributed by atoms with Crippen molar-refractivity contribution in [3.05, 3.63) is 29.3 Å². The number of carboxylic acids is 2. The van der Waals surface area contributed by atoms with Crippen molar-refractivity contribution in [2.24, 2.45) is 0 Å². The molecule has 126 valence electrons. The van der Waals surface area contributed by atoms with Gasteiger partial charge in [0.25, 0.3) is 0 Å². The van der Waals surface area contributed by atoms with Gasteiger partial charge >= 0.3 is 11.9 Å². The minimum atomic E-state index is -4.47. The number of benzene rings is 1. The normalized spacial score (nSPS) is 19.0. The second kappa shape index (κ2) is 6.20. The minimum absolute atomic E-state index is 0.0144.